The van der Waals surface area contributed by atoms with Crippen molar-refractivity contribution in [1.82, 2.24) is 0 Å². The summed E-state index contributed by atoms with van der Waals surface area (Å²) in [5.74, 6) is -0.0918. The van der Waals surface area contributed by atoms with Gasteiger partial charge in [-0.05, 0) is 18.6 Å². The Bertz CT molecular complexity index is 423. The number of alkyl halides is 1. The quantitative estimate of drug-likeness (QED) is 0.631. The van der Waals surface area contributed by atoms with Crippen LogP contribution in [0, 0.1) is 11.3 Å². The number of ketones is 1. The molecular formula is C11H9BrClNO. The number of nitriles is 1. The van der Waals surface area contributed by atoms with Crippen LogP contribution in [0.4, 0.5) is 0 Å². The van der Waals surface area contributed by atoms with Gasteiger partial charge in [0, 0.05) is 5.56 Å². The highest BCUT2D eigenvalue weighted by atomic mass is 79.9. The first-order valence-electron chi connectivity index (χ1n) is 4.40. The smallest absolute Gasteiger partial charge is 0.177 e. The predicted molar refractivity (Wildman–Crippen MR) is 63.5 cm³/mol. The normalized spacial score (nSPS) is 11.9. The second kappa shape index (κ2) is 5.29. The average Bonchev–Trinajstić information content (AvgIpc) is 2.17. The number of nitrogens with zero attached hydrogens (tertiary/aromatic N) is 1. The third kappa shape index (κ3) is 2.80. The van der Waals surface area contributed by atoms with Crippen molar-refractivity contribution in [3.63, 3.8) is 0 Å². The first kappa shape index (κ1) is 12.2. The summed E-state index contributed by atoms with van der Waals surface area (Å²) in [6.45, 7) is 1.74. The Morgan fingerprint density at radius 3 is 2.87 bits per heavy atom. The molecule has 0 N–H and O–H groups in total. The zero-order chi connectivity index (χ0) is 11.4. The monoisotopic (exact) mass is 285 g/mol. The van der Waals surface area contributed by atoms with Crippen molar-refractivity contribution in [2.45, 2.75) is 18.2 Å². The summed E-state index contributed by atoms with van der Waals surface area (Å²) in [5, 5.41) is 9.04. The summed E-state index contributed by atoms with van der Waals surface area (Å²) in [7, 11) is 0. The Balaban J connectivity index is 3.25. The van der Waals surface area contributed by atoms with Crippen LogP contribution in [0.1, 0.15) is 22.8 Å². The summed E-state index contributed by atoms with van der Waals surface area (Å²) in [4.78, 5) is 11.5. The van der Waals surface area contributed by atoms with Gasteiger partial charge >= 0.3 is 0 Å². The molecule has 4 heteroatoms. The molecule has 15 heavy (non-hydrogen) atoms. The molecule has 0 aromatic heterocycles. The molecular weight excluding hydrogens is 277 g/mol. The zero-order valence-electron chi connectivity index (χ0n) is 8.13. The maximum absolute atomic E-state index is 11.8. The fraction of sp³-hybridized carbons (Fsp3) is 0.273. The average molecular weight is 287 g/mol. The molecule has 0 fully saturated rings. The van der Waals surface area contributed by atoms with Gasteiger partial charge in [-0.25, -0.2) is 0 Å². The number of carbonyl (C=O) groups is 1. The Morgan fingerprint density at radius 1 is 1.67 bits per heavy atom. The highest BCUT2D eigenvalue weighted by molar-refractivity contribution is 9.10. The first-order valence-corrected chi connectivity index (χ1v) is 5.70. The Morgan fingerprint density at radius 2 is 2.33 bits per heavy atom. The maximum atomic E-state index is 11.8. The van der Waals surface area contributed by atoms with Crippen molar-refractivity contribution in [3.8, 4) is 6.07 Å². The van der Waals surface area contributed by atoms with Crippen molar-refractivity contribution in [1.29, 1.82) is 5.26 Å². The van der Waals surface area contributed by atoms with Gasteiger partial charge in [0.25, 0.3) is 0 Å². The van der Waals surface area contributed by atoms with E-state index in [1.807, 2.05) is 6.07 Å². The van der Waals surface area contributed by atoms with E-state index in [1.54, 1.807) is 25.1 Å². The molecule has 0 aliphatic carbocycles. The number of carbonyl (C=O) groups excluding carboxylic acids is 1. The van der Waals surface area contributed by atoms with Gasteiger partial charge in [0.1, 0.15) is 0 Å². The Kier molecular flexibility index (Phi) is 4.31. The van der Waals surface area contributed by atoms with Crippen molar-refractivity contribution in [2.75, 3.05) is 0 Å². The van der Waals surface area contributed by atoms with Crippen LogP contribution in [0.3, 0.4) is 0 Å². The molecule has 78 valence electrons. The molecule has 0 radical (unpaired) electrons. The molecule has 0 bridgehead atoms. The van der Waals surface area contributed by atoms with Crippen LogP contribution in [0.15, 0.2) is 18.2 Å². The lowest BCUT2D eigenvalue weighted by Crippen LogP contribution is -2.13. The SMILES string of the molecule is CC(Br)C(=O)c1c(Cl)cccc1CC#N. The predicted octanol–water partition coefficient (Wildman–Crippen LogP) is 3.37. The first-order chi connectivity index (χ1) is 7.07. The van der Waals surface area contributed by atoms with E-state index < -0.39 is 0 Å². The number of halogens is 2. The van der Waals surface area contributed by atoms with E-state index in [-0.39, 0.29) is 17.0 Å². The molecule has 1 aromatic rings. The summed E-state index contributed by atoms with van der Waals surface area (Å²) in [5.41, 5.74) is 1.13. The molecule has 1 unspecified atom stereocenters. The van der Waals surface area contributed by atoms with Crippen LogP contribution < -0.4 is 0 Å². The lowest BCUT2D eigenvalue weighted by Gasteiger charge is -2.09. The second-order valence-electron chi connectivity index (χ2n) is 3.09. The fourth-order valence-corrected chi connectivity index (χ4v) is 1.79. The topological polar surface area (TPSA) is 40.9 Å². The minimum atomic E-state index is -0.296. The standard InChI is InChI=1S/C11H9BrClNO/c1-7(12)11(15)10-8(5-6-14)3-2-4-9(10)13/h2-4,7H,5H2,1H3. The van der Waals surface area contributed by atoms with Crippen LogP contribution in [0.2, 0.25) is 5.02 Å². The van der Waals surface area contributed by atoms with Crippen LogP contribution >= 0.6 is 27.5 Å². The number of benzene rings is 1. The van der Waals surface area contributed by atoms with Crippen molar-refractivity contribution < 1.29 is 4.79 Å². The van der Waals surface area contributed by atoms with Gasteiger partial charge < -0.3 is 0 Å². The molecule has 0 aliphatic rings. The summed E-state index contributed by atoms with van der Waals surface area (Å²) in [6.07, 6.45) is 0.196. The highest BCUT2D eigenvalue weighted by Gasteiger charge is 2.18. The third-order valence-corrected chi connectivity index (χ3v) is 2.71. The molecule has 2 nitrogen and oxygen atoms in total. The van der Waals surface area contributed by atoms with Gasteiger partial charge in [-0.3, -0.25) is 4.79 Å². The van der Waals surface area contributed by atoms with Gasteiger partial charge in [0.05, 0.1) is 22.3 Å². The molecule has 1 atom stereocenters. The minimum absolute atomic E-state index is 0.0918. The van der Waals surface area contributed by atoms with Crippen LogP contribution in [-0.2, 0) is 6.42 Å². The van der Waals surface area contributed by atoms with E-state index in [1.165, 1.54) is 0 Å². The fourth-order valence-electron chi connectivity index (χ4n) is 1.28. The van der Waals surface area contributed by atoms with Gasteiger partial charge in [-0.15, -0.1) is 0 Å². The summed E-state index contributed by atoms with van der Waals surface area (Å²) >= 11 is 9.16. The minimum Gasteiger partial charge on any atom is -0.293 e. The van der Waals surface area contributed by atoms with Gasteiger partial charge in [-0.2, -0.15) is 5.26 Å². The van der Waals surface area contributed by atoms with Gasteiger partial charge in [0.15, 0.2) is 5.78 Å². The molecule has 0 spiro atoms. The molecule has 1 aromatic carbocycles. The molecule has 0 heterocycles. The van der Waals surface area contributed by atoms with Gasteiger partial charge in [0.2, 0.25) is 0 Å². The number of Topliss-reactive ketones (excluding diaryl/α,β-unsaturated/α-hetero) is 1. The molecule has 0 amide bonds. The molecule has 0 saturated heterocycles. The van der Waals surface area contributed by atoms with E-state index in [2.05, 4.69) is 15.9 Å². The van der Waals surface area contributed by atoms with Crippen LogP contribution in [-0.4, -0.2) is 10.6 Å². The largest absolute Gasteiger partial charge is 0.293 e. The van der Waals surface area contributed by atoms with Crippen molar-refractivity contribution >= 4 is 33.3 Å². The second-order valence-corrected chi connectivity index (χ2v) is 4.87. The number of rotatable bonds is 3. The summed E-state index contributed by atoms with van der Waals surface area (Å²) in [6, 6.07) is 7.17. The van der Waals surface area contributed by atoms with E-state index in [4.69, 9.17) is 16.9 Å². The molecule has 1 rings (SSSR count). The van der Waals surface area contributed by atoms with Crippen LogP contribution in [0.25, 0.3) is 0 Å². The van der Waals surface area contributed by atoms with E-state index in [0.29, 0.717) is 16.1 Å². The van der Waals surface area contributed by atoms with Crippen molar-refractivity contribution in [2.24, 2.45) is 0 Å². The Labute approximate surface area is 102 Å². The number of hydrogen-bond acceptors (Lipinski definition) is 2. The van der Waals surface area contributed by atoms with Gasteiger partial charge in [-0.1, -0.05) is 39.7 Å². The molecule has 0 saturated carbocycles. The lowest BCUT2D eigenvalue weighted by atomic mass is 10.00. The van der Waals surface area contributed by atoms with E-state index in [9.17, 15) is 4.79 Å². The zero-order valence-corrected chi connectivity index (χ0v) is 10.5. The lowest BCUT2D eigenvalue weighted by molar-refractivity contribution is 0.0995. The van der Waals surface area contributed by atoms with Crippen molar-refractivity contribution in [3.05, 3.63) is 34.3 Å². The Hall–Kier alpha value is -0.850. The summed E-state index contributed by atoms with van der Waals surface area (Å²) < 4.78 is 0. The van der Waals surface area contributed by atoms with E-state index in [0.717, 1.165) is 0 Å². The van der Waals surface area contributed by atoms with E-state index >= 15 is 0 Å². The highest BCUT2D eigenvalue weighted by Crippen LogP contribution is 2.23. The molecule has 0 aliphatic heterocycles. The third-order valence-electron chi connectivity index (χ3n) is 1.98. The van der Waals surface area contributed by atoms with Crippen LogP contribution in [0.5, 0.6) is 0 Å². The number of hydrogen-bond donors (Lipinski definition) is 0. The maximum Gasteiger partial charge on any atom is 0.177 e.